The molecule has 0 fully saturated rings. The molecule has 0 atom stereocenters. The molecule has 1 aromatic heterocycles. The van der Waals surface area contributed by atoms with E-state index in [9.17, 15) is 0 Å². The maximum atomic E-state index is 5.78. The largest absolute Gasteiger partial charge is 0.493 e. The van der Waals surface area contributed by atoms with Crippen molar-refractivity contribution in [3.8, 4) is 11.5 Å². The molecule has 0 bridgehead atoms. The van der Waals surface area contributed by atoms with Gasteiger partial charge in [0.15, 0.2) is 17.5 Å². The fourth-order valence-electron chi connectivity index (χ4n) is 2.38. The normalized spacial score (nSPS) is 12.0. The van der Waals surface area contributed by atoms with E-state index in [2.05, 4.69) is 57.3 Å². The predicted molar refractivity (Wildman–Crippen MR) is 109 cm³/mol. The van der Waals surface area contributed by atoms with Crippen LogP contribution in [0.25, 0.3) is 0 Å². The number of halogens is 1. The molecule has 7 nitrogen and oxygen atoms in total. The maximum Gasteiger partial charge on any atom is 0.213 e. The molecule has 0 saturated carbocycles. The van der Waals surface area contributed by atoms with Gasteiger partial charge in [-0.2, -0.15) is 0 Å². The molecule has 0 unspecified atom stereocenters. The highest BCUT2D eigenvalue weighted by atomic mass is 79.9. The van der Waals surface area contributed by atoms with Gasteiger partial charge in [-0.3, -0.25) is 4.99 Å². The highest BCUT2D eigenvalue weighted by Gasteiger charge is 2.19. The lowest BCUT2D eigenvalue weighted by atomic mass is 9.94. The molecule has 2 rings (SSSR count). The number of benzene rings is 1. The van der Waals surface area contributed by atoms with Crippen molar-refractivity contribution in [3.05, 3.63) is 40.0 Å². The average molecular weight is 439 g/mol. The molecule has 0 saturated heterocycles. The lowest BCUT2D eigenvalue weighted by molar-refractivity contribution is 0.352. The fourth-order valence-corrected chi connectivity index (χ4v) is 3.03. The van der Waals surface area contributed by atoms with E-state index in [1.165, 1.54) is 0 Å². The molecule has 148 valence electrons. The molecular formula is C19H27BrN4O3. The van der Waals surface area contributed by atoms with E-state index in [1.807, 2.05) is 12.1 Å². The van der Waals surface area contributed by atoms with Gasteiger partial charge in [0.25, 0.3) is 0 Å². The summed E-state index contributed by atoms with van der Waals surface area (Å²) in [6, 6.07) is 3.90. The van der Waals surface area contributed by atoms with E-state index in [-0.39, 0.29) is 5.41 Å². The molecule has 2 aromatic rings. The van der Waals surface area contributed by atoms with Crippen molar-refractivity contribution in [3.63, 3.8) is 0 Å². The average Bonchev–Trinajstić information content (AvgIpc) is 3.10. The Kier molecular flexibility index (Phi) is 7.12. The fraction of sp³-hybridized carbons (Fsp3) is 0.474. The smallest absolute Gasteiger partial charge is 0.213 e. The minimum absolute atomic E-state index is 0.0635. The third kappa shape index (κ3) is 5.63. The predicted octanol–water partition coefficient (Wildman–Crippen LogP) is 3.62. The van der Waals surface area contributed by atoms with Gasteiger partial charge in [0, 0.05) is 19.0 Å². The molecule has 0 aliphatic heterocycles. The Morgan fingerprint density at radius 2 is 1.89 bits per heavy atom. The second-order valence-electron chi connectivity index (χ2n) is 6.96. The first-order chi connectivity index (χ1) is 12.8. The Bertz CT molecular complexity index is 797. The summed E-state index contributed by atoms with van der Waals surface area (Å²) in [6.45, 7) is 7.29. The third-order valence-electron chi connectivity index (χ3n) is 3.88. The number of nitrogens with zero attached hydrogens (tertiary/aromatic N) is 2. The van der Waals surface area contributed by atoms with E-state index in [0.29, 0.717) is 36.4 Å². The van der Waals surface area contributed by atoms with Crippen molar-refractivity contribution in [2.75, 3.05) is 21.3 Å². The van der Waals surface area contributed by atoms with E-state index < -0.39 is 0 Å². The number of aliphatic imine (C=N–C) groups is 1. The first-order valence-corrected chi connectivity index (χ1v) is 9.38. The SMILES string of the molecule is CN=C(NCc1cc(Br)c(OC)c(OC)c1)NCc1ncc(C(C)(C)C)o1. The molecular weight excluding hydrogens is 412 g/mol. The first-order valence-electron chi connectivity index (χ1n) is 8.58. The van der Waals surface area contributed by atoms with Crippen molar-refractivity contribution >= 4 is 21.9 Å². The Hall–Kier alpha value is -2.22. The topological polar surface area (TPSA) is 80.9 Å². The second-order valence-corrected chi connectivity index (χ2v) is 7.82. The highest BCUT2D eigenvalue weighted by molar-refractivity contribution is 9.10. The Balaban J connectivity index is 1.96. The molecule has 1 heterocycles. The van der Waals surface area contributed by atoms with Crippen LogP contribution < -0.4 is 20.1 Å². The van der Waals surface area contributed by atoms with E-state index >= 15 is 0 Å². The van der Waals surface area contributed by atoms with Gasteiger partial charge in [-0.1, -0.05) is 20.8 Å². The number of nitrogens with one attached hydrogen (secondary N) is 2. The van der Waals surface area contributed by atoms with Crippen molar-refractivity contribution in [1.29, 1.82) is 0 Å². The molecule has 0 aliphatic carbocycles. The van der Waals surface area contributed by atoms with Gasteiger partial charge in [0.2, 0.25) is 5.89 Å². The van der Waals surface area contributed by atoms with E-state index in [0.717, 1.165) is 15.8 Å². The third-order valence-corrected chi connectivity index (χ3v) is 4.47. The first kappa shape index (κ1) is 21.1. The molecule has 0 spiro atoms. The highest BCUT2D eigenvalue weighted by Crippen LogP contribution is 2.36. The summed E-state index contributed by atoms with van der Waals surface area (Å²) < 4.78 is 17.3. The number of methoxy groups -OCH3 is 2. The Labute approximate surface area is 168 Å². The second kappa shape index (κ2) is 9.12. The van der Waals surface area contributed by atoms with Crippen molar-refractivity contribution in [2.24, 2.45) is 4.99 Å². The number of hydrogen-bond acceptors (Lipinski definition) is 5. The number of hydrogen-bond donors (Lipinski definition) is 2. The van der Waals surface area contributed by atoms with Gasteiger partial charge in [0.05, 0.1) is 31.4 Å². The maximum absolute atomic E-state index is 5.78. The zero-order chi connectivity index (χ0) is 20.0. The summed E-state index contributed by atoms with van der Waals surface area (Å²) in [5, 5.41) is 6.46. The van der Waals surface area contributed by atoms with Crippen LogP contribution in [0, 0.1) is 0 Å². The minimum Gasteiger partial charge on any atom is -0.493 e. The van der Waals surface area contributed by atoms with Gasteiger partial charge >= 0.3 is 0 Å². The van der Waals surface area contributed by atoms with Crippen LogP contribution in [0.1, 0.15) is 38.0 Å². The van der Waals surface area contributed by atoms with Gasteiger partial charge < -0.3 is 24.5 Å². The molecule has 2 N–H and O–H groups in total. The Morgan fingerprint density at radius 1 is 1.19 bits per heavy atom. The monoisotopic (exact) mass is 438 g/mol. The lowest BCUT2D eigenvalue weighted by Crippen LogP contribution is -2.36. The molecule has 0 aliphatic rings. The van der Waals surface area contributed by atoms with Crippen LogP contribution in [0.4, 0.5) is 0 Å². The summed E-state index contributed by atoms with van der Waals surface area (Å²) in [5.41, 5.74) is 0.958. The number of rotatable bonds is 6. The zero-order valence-corrected chi connectivity index (χ0v) is 18.2. The van der Waals surface area contributed by atoms with Crippen molar-refractivity contribution < 1.29 is 13.9 Å². The summed E-state index contributed by atoms with van der Waals surface area (Å²) >= 11 is 3.50. The van der Waals surface area contributed by atoms with Crippen LogP contribution in [-0.4, -0.2) is 32.2 Å². The number of guanidine groups is 1. The number of aromatic nitrogens is 1. The van der Waals surface area contributed by atoms with Crippen LogP contribution in [0.5, 0.6) is 11.5 Å². The van der Waals surface area contributed by atoms with Crippen LogP contribution in [0.15, 0.2) is 32.2 Å². The lowest BCUT2D eigenvalue weighted by Gasteiger charge is -2.14. The zero-order valence-electron chi connectivity index (χ0n) is 16.6. The van der Waals surface area contributed by atoms with Crippen LogP contribution in [0.3, 0.4) is 0 Å². The van der Waals surface area contributed by atoms with Crippen LogP contribution >= 0.6 is 15.9 Å². The molecule has 8 heteroatoms. The van der Waals surface area contributed by atoms with E-state index in [1.54, 1.807) is 27.5 Å². The standard InChI is InChI=1S/C19H27BrN4O3/c1-19(2,3)15-10-22-16(27-15)11-24-18(21-4)23-9-12-7-13(20)17(26-6)14(8-12)25-5/h7-8,10H,9,11H2,1-6H3,(H2,21,23,24). The summed E-state index contributed by atoms with van der Waals surface area (Å²) in [6.07, 6.45) is 1.77. The van der Waals surface area contributed by atoms with Crippen molar-refractivity contribution in [1.82, 2.24) is 15.6 Å². The number of oxazole rings is 1. The summed E-state index contributed by atoms with van der Waals surface area (Å²) in [5.74, 6) is 3.47. The van der Waals surface area contributed by atoms with Crippen molar-refractivity contribution in [2.45, 2.75) is 39.3 Å². The quantitative estimate of drug-likeness (QED) is 0.529. The summed E-state index contributed by atoms with van der Waals surface area (Å²) in [4.78, 5) is 8.54. The molecule has 0 radical (unpaired) electrons. The molecule has 0 amide bonds. The van der Waals surface area contributed by atoms with Crippen LogP contribution in [0.2, 0.25) is 0 Å². The van der Waals surface area contributed by atoms with Gasteiger partial charge in [-0.05, 0) is 33.6 Å². The molecule has 1 aromatic carbocycles. The summed E-state index contributed by atoms with van der Waals surface area (Å²) in [7, 11) is 4.94. The van der Waals surface area contributed by atoms with E-state index in [4.69, 9.17) is 13.9 Å². The van der Waals surface area contributed by atoms with Crippen LogP contribution in [-0.2, 0) is 18.5 Å². The Morgan fingerprint density at radius 3 is 2.44 bits per heavy atom. The minimum atomic E-state index is -0.0635. The van der Waals surface area contributed by atoms with Gasteiger partial charge in [0.1, 0.15) is 5.76 Å². The number of ether oxygens (including phenoxy) is 2. The molecule has 27 heavy (non-hydrogen) atoms. The van der Waals surface area contributed by atoms with Gasteiger partial charge in [-0.15, -0.1) is 0 Å². The van der Waals surface area contributed by atoms with Gasteiger partial charge in [-0.25, -0.2) is 4.98 Å².